The van der Waals surface area contributed by atoms with Crippen LogP contribution in [0.25, 0.3) is 16.6 Å². The number of rotatable bonds is 6. The van der Waals surface area contributed by atoms with Gasteiger partial charge in [0, 0.05) is 12.1 Å². The second-order valence-corrected chi connectivity index (χ2v) is 8.15. The molecule has 4 aromatic rings. The van der Waals surface area contributed by atoms with E-state index in [1.54, 1.807) is 20.4 Å². The number of methoxy groups -OCH3 is 2. The van der Waals surface area contributed by atoms with Crippen molar-refractivity contribution in [3.05, 3.63) is 52.9 Å². The maximum atomic E-state index is 10.8. The summed E-state index contributed by atoms with van der Waals surface area (Å²) in [6.45, 7) is 5.88. The lowest BCUT2D eigenvalue weighted by molar-refractivity contribution is 0.117. The SMILES string of the molecule is COc1cc2nc(Nc3c(C)cccc3Cl)c3cnc(C(O)C(C)C)n3c2cc1OC. The van der Waals surface area contributed by atoms with E-state index < -0.39 is 6.10 Å². The van der Waals surface area contributed by atoms with Crippen molar-refractivity contribution in [3.8, 4) is 11.5 Å². The Kier molecular flexibility index (Phi) is 5.64. The highest BCUT2D eigenvalue weighted by atomic mass is 35.5. The van der Waals surface area contributed by atoms with Gasteiger partial charge in [-0.1, -0.05) is 37.6 Å². The summed E-state index contributed by atoms with van der Waals surface area (Å²) in [7, 11) is 3.17. The van der Waals surface area contributed by atoms with Crippen LogP contribution in [0, 0.1) is 12.8 Å². The second kappa shape index (κ2) is 8.24. The first-order valence-electron chi connectivity index (χ1n) is 9.99. The molecule has 0 fully saturated rings. The van der Waals surface area contributed by atoms with Crippen molar-refractivity contribution >= 4 is 39.7 Å². The number of fused-ring (bicyclic) bond motifs is 3. The molecule has 1 unspecified atom stereocenters. The Balaban J connectivity index is 2.04. The van der Waals surface area contributed by atoms with Gasteiger partial charge in [0.1, 0.15) is 17.4 Å². The second-order valence-electron chi connectivity index (χ2n) is 7.74. The number of anilines is 2. The number of halogens is 1. The highest BCUT2D eigenvalue weighted by molar-refractivity contribution is 6.33. The number of nitrogens with one attached hydrogen (secondary N) is 1. The smallest absolute Gasteiger partial charge is 0.163 e. The minimum atomic E-state index is -0.754. The number of benzene rings is 2. The van der Waals surface area contributed by atoms with Crippen LogP contribution in [0.3, 0.4) is 0 Å². The number of aliphatic hydroxyl groups is 1. The Bertz CT molecular complexity index is 1250. The van der Waals surface area contributed by atoms with E-state index >= 15 is 0 Å². The third-order valence-corrected chi connectivity index (χ3v) is 5.66. The Labute approximate surface area is 185 Å². The molecule has 2 heterocycles. The summed E-state index contributed by atoms with van der Waals surface area (Å²) >= 11 is 6.44. The van der Waals surface area contributed by atoms with Gasteiger partial charge in [-0.05, 0) is 24.5 Å². The molecule has 4 rings (SSSR count). The molecule has 1 atom stereocenters. The van der Waals surface area contributed by atoms with Gasteiger partial charge in [0.25, 0.3) is 0 Å². The van der Waals surface area contributed by atoms with Gasteiger partial charge < -0.3 is 19.9 Å². The van der Waals surface area contributed by atoms with E-state index in [-0.39, 0.29) is 5.92 Å². The van der Waals surface area contributed by atoms with Crippen LogP contribution >= 0.6 is 11.6 Å². The summed E-state index contributed by atoms with van der Waals surface area (Å²) < 4.78 is 12.9. The molecule has 2 aromatic heterocycles. The molecule has 7 nitrogen and oxygen atoms in total. The van der Waals surface area contributed by atoms with Crippen LogP contribution in [0.2, 0.25) is 5.02 Å². The molecule has 0 radical (unpaired) electrons. The molecule has 2 N–H and O–H groups in total. The molecule has 0 aliphatic carbocycles. The fourth-order valence-corrected chi connectivity index (χ4v) is 3.87. The van der Waals surface area contributed by atoms with Crippen molar-refractivity contribution in [3.63, 3.8) is 0 Å². The predicted octanol–water partition coefficient (Wildman–Crippen LogP) is 5.29. The minimum Gasteiger partial charge on any atom is -0.493 e. The fraction of sp³-hybridized carbons (Fsp3) is 0.304. The number of nitrogens with zero attached hydrogens (tertiary/aromatic N) is 3. The Hall–Kier alpha value is -3.03. The summed E-state index contributed by atoms with van der Waals surface area (Å²) in [4.78, 5) is 9.37. The largest absolute Gasteiger partial charge is 0.493 e. The standard InChI is InChI=1S/C23H25ClN4O3/c1-12(2)21(29)23-25-11-17-22(27-20-13(3)7-6-8-14(20)24)26-15-9-18(30-4)19(31-5)10-16(15)28(17)23/h6-12,21,29H,1-5H3,(H,26,27). The Morgan fingerprint density at radius 2 is 1.81 bits per heavy atom. The molecule has 8 heteroatoms. The predicted molar refractivity (Wildman–Crippen MR) is 123 cm³/mol. The maximum absolute atomic E-state index is 10.8. The first-order chi connectivity index (χ1) is 14.8. The van der Waals surface area contributed by atoms with Gasteiger partial charge in [0.2, 0.25) is 0 Å². The fourth-order valence-electron chi connectivity index (χ4n) is 3.60. The number of ether oxygens (including phenoxy) is 2. The zero-order valence-corrected chi connectivity index (χ0v) is 18.9. The molecule has 2 aromatic carbocycles. The van der Waals surface area contributed by atoms with E-state index in [4.69, 9.17) is 26.1 Å². The van der Waals surface area contributed by atoms with Gasteiger partial charge in [0.15, 0.2) is 17.3 Å². The molecular weight excluding hydrogens is 416 g/mol. The monoisotopic (exact) mass is 440 g/mol. The summed E-state index contributed by atoms with van der Waals surface area (Å²) in [6, 6.07) is 9.36. The Morgan fingerprint density at radius 1 is 1.10 bits per heavy atom. The highest BCUT2D eigenvalue weighted by Crippen LogP contribution is 2.37. The molecule has 0 amide bonds. The molecule has 0 aliphatic rings. The number of hydrogen-bond acceptors (Lipinski definition) is 6. The average molecular weight is 441 g/mol. The van der Waals surface area contributed by atoms with E-state index in [2.05, 4.69) is 10.3 Å². The van der Waals surface area contributed by atoms with Gasteiger partial charge >= 0.3 is 0 Å². The third-order valence-electron chi connectivity index (χ3n) is 5.35. The number of aromatic nitrogens is 3. The Morgan fingerprint density at radius 3 is 2.45 bits per heavy atom. The molecular formula is C23H25ClN4O3. The molecule has 0 aliphatic heterocycles. The van der Waals surface area contributed by atoms with E-state index in [0.717, 1.165) is 16.8 Å². The molecule has 0 spiro atoms. The van der Waals surface area contributed by atoms with E-state index in [0.29, 0.717) is 39.2 Å². The summed E-state index contributed by atoms with van der Waals surface area (Å²) in [5.41, 5.74) is 3.88. The van der Waals surface area contributed by atoms with Gasteiger partial charge in [-0.15, -0.1) is 0 Å². The number of aryl methyl sites for hydroxylation is 1. The van der Waals surface area contributed by atoms with Gasteiger partial charge in [-0.25, -0.2) is 9.97 Å². The van der Waals surface area contributed by atoms with Gasteiger partial charge in [-0.3, -0.25) is 4.40 Å². The van der Waals surface area contributed by atoms with Crippen LogP contribution in [-0.4, -0.2) is 33.7 Å². The summed E-state index contributed by atoms with van der Waals surface area (Å²) in [5, 5.41) is 14.8. The van der Waals surface area contributed by atoms with Crippen molar-refractivity contribution < 1.29 is 14.6 Å². The van der Waals surface area contributed by atoms with Crippen LogP contribution < -0.4 is 14.8 Å². The molecule has 0 bridgehead atoms. The van der Waals surface area contributed by atoms with Gasteiger partial charge in [0.05, 0.1) is 42.2 Å². The van der Waals surface area contributed by atoms with Crippen molar-refractivity contribution in [1.29, 1.82) is 0 Å². The van der Waals surface area contributed by atoms with Crippen LogP contribution in [0.4, 0.5) is 11.5 Å². The number of imidazole rings is 1. The average Bonchev–Trinajstić information content (AvgIpc) is 3.20. The normalized spacial score (nSPS) is 12.5. The van der Waals surface area contributed by atoms with E-state index in [1.807, 2.05) is 55.5 Å². The van der Waals surface area contributed by atoms with Crippen molar-refractivity contribution in [2.24, 2.45) is 5.92 Å². The first kappa shape index (κ1) is 21.2. The molecule has 0 saturated carbocycles. The third kappa shape index (κ3) is 3.64. The zero-order chi connectivity index (χ0) is 22.3. The summed E-state index contributed by atoms with van der Waals surface area (Å²) in [6.07, 6.45) is 0.953. The van der Waals surface area contributed by atoms with Crippen LogP contribution in [0.15, 0.2) is 36.5 Å². The maximum Gasteiger partial charge on any atom is 0.163 e. The lowest BCUT2D eigenvalue weighted by Crippen LogP contribution is -2.11. The number of para-hydroxylation sites is 1. The molecule has 31 heavy (non-hydrogen) atoms. The zero-order valence-electron chi connectivity index (χ0n) is 18.1. The number of hydrogen-bond donors (Lipinski definition) is 2. The van der Waals surface area contributed by atoms with Crippen LogP contribution in [0.5, 0.6) is 11.5 Å². The quantitative estimate of drug-likeness (QED) is 0.423. The topological polar surface area (TPSA) is 80.9 Å². The van der Waals surface area contributed by atoms with Crippen molar-refractivity contribution in [1.82, 2.24) is 14.4 Å². The van der Waals surface area contributed by atoms with Crippen LogP contribution in [-0.2, 0) is 0 Å². The van der Waals surface area contributed by atoms with E-state index in [1.165, 1.54) is 0 Å². The van der Waals surface area contributed by atoms with Crippen molar-refractivity contribution in [2.75, 3.05) is 19.5 Å². The molecule has 0 saturated heterocycles. The van der Waals surface area contributed by atoms with Crippen molar-refractivity contribution in [2.45, 2.75) is 26.9 Å². The lowest BCUT2D eigenvalue weighted by Gasteiger charge is -2.18. The first-order valence-corrected chi connectivity index (χ1v) is 10.4. The molecule has 162 valence electrons. The van der Waals surface area contributed by atoms with E-state index in [9.17, 15) is 5.11 Å². The lowest BCUT2D eigenvalue weighted by atomic mass is 10.1. The highest BCUT2D eigenvalue weighted by Gasteiger charge is 2.23. The minimum absolute atomic E-state index is 0.0174. The number of aliphatic hydroxyl groups excluding tert-OH is 1. The summed E-state index contributed by atoms with van der Waals surface area (Å²) in [5.74, 6) is 2.22. The van der Waals surface area contributed by atoms with Gasteiger partial charge in [-0.2, -0.15) is 0 Å². The van der Waals surface area contributed by atoms with Crippen LogP contribution in [0.1, 0.15) is 31.3 Å².